The minimum Gasteiger partial charge on any atom is -0.469 e. The first-order valence-electron chi connectivity index (χ1n) is 13.6. The van der Waals surface area contributed by atoms with Crippen molar-refractivity contribution in [1.29, 1.82) is 0 Å². The molecular weight excluding hydrogens is 440 g/mol. The fraction of sp³-hybridized carbons (Fsp3) is 0.767. The smallest absolute Gasteiger partial charge is 0.312 e. The van der Waals surface area contributed by atoms with Crippen LogP contribution in [0, 0.1) is 46.3 Å². The largest absolute Gasteiger partial charge is 0.469 e. The second kappa shape index (κ2) is 9.28. The van der Waals surface area contributed by atoms with Gasteiger partial charge >= 0.3 is 5.97 Å². The summed E-state index contributed by atoms with van der Waals surface area (Å²) in [6.45, 7) is 14.7. The van der Waals surface area contributed by atoms with Gasteiger partial charge in [-0.05, 0) is 80.1 Å². The van der Waals surface area contributed by atoms with Crippen LogP contribution in [0.5, 0.6) is 0 Å². The van der Waals surface area contributed by atoms with Crippen molar-refractivity contribution in [2.45, 2.75) is 92.1 Å². The molecule has 0 amide bonds. The zero-order valence-electron chi connectivity index (χ0n) is 22.5. The van der Waals surface area contributed by atoms with Gasteiger partial charge in [0.05, 0.1) is 19.1 Å². The summed E-state index contributed by atoms with van der Waals surface area (Å²) >= 11 is 0. The lowest BCUT2D eigenvalue weighted by Gasteiger charge is -2.55. The minimum atomic E-state index is -0.625. The van der Waals surface area contributed by atoms with Crippen molar-refractivity contribution in [3.05, 3.63) is 23.3 Å². The number of rotatable bonds is 6. The quantitative estimate of drug-likeness (QED) is 0.400. The summed E-state index contributed by atoms with van der Waals surface area (Å²) in [5.41, 5.74) is 2.34. The fourth-order valence-electron chi connectivity index (χ4n) is 8.67. The number of ketones is 2. The van der Waals surface area contributed by atoms with Gasteiger partial charge in [-0.15, -0.1) is 0 Å². The van der Waals surface area contributed by atoms with E-state index < -0.39 is 6.10 Å². The van der Waals surface area contributed by atoms with Crippen molar-refractivity contribution in [3.8, 4) is 0 Å². The van der Waals surface area contributed by atoms with Gasteiger partial charge in [0.2, 0.25) is 0 Å². The first-order valence-corrected chi connectivity index (χ1v) is 13.6. The lowest BCUT2D eigenvalue weighted by Crippen LogP contribution is -2.54. The van der Waals surface area contributed by atoms with Gasteiger partial charge in [0.15, 0.2) is 5.78 Å². The third kappa shape index (κ3) is 4.06. The van der Waals surface area contributed by atoms with E-state index in [9.17, 15) is 19.5 Å². The van der Waals surface area contributed by atoms with Crippen molar-refractivity contribution >= 4 is 17.5 Å². The molecule has 0 bridgehead atoms. The zero-order valence-corrected chi connectivity index (χ0v) is 22.5. The van der Waals surface area contributed by atoms with E-state index in [1.165, 1.54) is 7.11 Å². The molecule has 0 radical (unpaired) electrons. The number of carbonyl (C=O) groups is 3. The summed E-state index contributed by atoms with van der Waals surface area (Å²) in [7, 11) is 1.41. The molecular formula is C30H44O5. The van der Waals surface area contributed by atoms with E-state index in [0.29, 0.717) is 31.1 Å². The number of hydrogen-bond donors (Lipinski definition) is 1. The predicted octanol–water partition coefficient (Wildman–Crippen LogP) is 5.46. The molecule has 0 aromatic heterocycles. The fourth-order valence-corrected chi connectivity index (χ4v) is 8.67. The van der Waals surface area contributed by atoms with Gasteiger partial charge in [0.25, 0.3) is 0 Å². The van der Waals surface area contributed by atoms with Gasteiger partial charge in [-0.3, -0.25) is 14.4 Å². The van der Waals surface area contributed by atoms with Gasteiger partial charge in [-0.2, -0.15) is 0 Å². The van der Waals surface area contributed by atoms with E-state index in [0.717, 1.165) is 48.8 Å². The number of carbonyl (C=O) groups excluding carboxylic acids is 3. The van der Waals surface area contributed by atoms with Crippen LogP contribution in [0.4, 0.5) is 0 Å². The Balaban J connectivity index is 1.58. The van der Waals surface area contributed by atoms with Crippen molar-refractivity contribution < 1.29 is 24.2 Å². The Morgan fingerprint density at radius 2 is 1.91 bits per heavy atom. The number of ether oxygens (including phenoxy) is 1. The van der Waals surface area contributed by atoms with Crippen LogP contribution >= 0.6 is 0 Å². The third-order valence-electron chi connectivity index (χ3n) is 10.9. The molecule has 2 fully saturated rings. The van der Waals surface area contributed by atoms with Gasteiger partial charge in [-0.25, -0.2) is 0 Å². The van der Waals surface area contributed by atoms with Gasteiger partial charge in [-0.1, -0.05) is 39.8 Å². The first kappa shape index (κ1) is 26.3. The number of Topliss-reactive ketones (excluding diaryl/α,β-unsaturated/α-hetero) is 2. The summed E-state index contributed by atoms with van der Waals surface area (Å²) in [4.78, 5) is 38.3. The Hall–Kier alpha value is -1.75. The molecule has 5 nitrogen and oxygen atoms in total. The molecule has 5 heteroatoms. The van der Waals surface area contributed by atoms with Crippen LogP contribution in [0.3, 0.4) is 0 Å². The second-order valence-corrected chi connectivity index (χ2v) is 12.6. The topological polar surface area (TPSA) is 80.7 Å². The van der Waals surface area contributed by atoms with E-state index in [1.807, 2.05) is 13.8 Å². The van der Waals surface area contributed by atoms with E-state index in [-0.39, 0.29) is 52.0 Å². The van der Waals surface area contributed by atoms with Gasteiger partial charge in [0.1, 0.15) is 5.78 Å². The molecule has 2 saturated carbocycles. The molecule has 4 aliphatic carbocycles. The van der Waals surface area contributed by atoms with Crippen molar-refractivity contribution in [1.82, 2.24) is 0 Å². The molecule has 0 heterocycles. The maximum atomic E-state index is 13.9. The second-order valence-electron chi connectivity index (χ2n) is 12.6. The molecule has 194 valence electrons. The monoisotopic (exact) mass is 484 g/mol. The summed E-state index contributed by atoms with van der Waals surface area (Å²) in [5, 5.41) is 11.4. The van der Waals surface area contributed by atoms with E-state index in [2.05, 4.69) is 27.4 Å². The van der Waals surface area contributed by atoms with Crippen LogP contribution in [0.2, 0.25) is 0 Å². The maximum Gasteiger partial charge on any atom is 0.312 e. The minimum absolute atomic E-state index is 0.0461. The Morgan fingerprint density at radius 1 is 1.23 bits per heavy atom. The summed E-state index contributed by atoms with van der Waals surface area (Å²) in [6.07, 6.45) is 5.50. The van der Waals surface area contributed by atoms with Crippen LogP contribution in [-0.2, 0) is 19.1 Å². The first-order chi connectivity index (χ1) is 16.4. The Bertz CT molecular complexity index is 962. The molecule has 4 rings (SSSR count). The number of allylic oxidation sites excluding steroid dienone is 1. The van der Waals surface area contributed by atoms with Crippen LogP contribution in [0.1, 0.15) is 86.0 Å². The standard InChI is InChI=1S/C30H44O5/c1-16(18(3)28(34)35-7)8-9-17(2)20-10-11-21-26-24(32)14-22-19(4)23(31)12-13-29(22,5)27(26)25(33)15-30(20,21)6/h17-22,24,32H,1,8-15H2,2-7H3/t17-,18+,19+,20?,21+,22+,24?,29+,30-/m1/s1. The molecule has 0 aliphatic heterocycles. The van der Waals surface area contributed by atoms with Crippen molar-refractivity contribution in [2.24, 2.45) is 46.3 Å². The Morgan fingerprint density at radius 3 is 2.57 bits per heavy atom. The van der Waals surface area contributed by atoms with Gasteiger partial charge < -0.3 is 9.84 Å². The number of hydrogen-bond acceptors (Lipinski definition) is 5. The highest BCUT2D eigenvalue weighted by Gasteiger charge is 2.61. The van der Waals surface area contributed by atoms with Crippen LogP contribution in [0.25, 0.3) is 0 Å². The van der Waals surface area contributed by atoms with Crippen LogP contribution in [0.15, 0.2) is 23.3 Å². The summed E-state index contributed by atoms with van der Waals surface area (Å²) < 4.78 is 4.87. The van der Waals surface area contributed by atoms with Crippen LogP contribution < -0.4 is 0 Å². The maximum absolute atomic E-state index is 13.9. The number of methoxy groups -OCH3 is 1. The normalized spacial score (nSPS) is 40.5. The highest BCUT2D eigenvalue weighted by molar-refractivity contribution is 6.00. The van der Waals surface area contributed by atoms with Gasteiger partial charge in [0, 0.05) is 29.7 Å². The van der Waals surface area contributed by atoms with Crippen molar-refractivity contribution in [3.63, 3.8) is 0 Å². The molecule has 0 aromatic carbocycles. The van der Waals surface area contributed by atoms with E-state index >= 15 is 0 Å². The summed E-state index contributed by atoms with van der Waals surface area (Å²) in [6, 6.07) is 0. The predicted molar refractivity (Wildman–Crippen MR) is 135 cm³/mol. The Labute approximate surface area is 210 Å². The van der Waals surface area contributed by atoms with E-state index in [1.54, 1.807) is 0 Å². The lowest BCUT2D eigenvalue weighted by atomic mass is 9.48. The lowest BCUT2D eigenvalue weighted by molar-refractivity contribution is -0.143. The molecule has 4 aliphatic rings. The highest BCUT2D eigenvalue weighted by atomic mass is 16.5. The summed E-state index contributed by atoms with van der Waals surface area (Å²) in [5.74, 6) is 0.864. The molecule has 1 N–H and O–H groups in total. The molecule has 35 heavy (non-hydrogen) atoms. The Kier molecular flexibility index (Phi) is 6.98. The third-order valence-corrected chi connectivity index (χ3v) is 10.9. The zero-order chi connectivity index (χ0) is 25.9. The number of aliphatic hydroxyl groups excluding tert-OH is 1. The molecule has 0 aromatic rings. The molecule has 2 unspecified atom stereocenters. The average molecular weight is 485 g/mol. The van der Waals surface area contributed by atoms with E-state index in [4.69, 9.17) is 4.74 Å². The number of aliphatic hydroxyl groups is 1. The number of fused-ring (bicyclic) bond motifs is 4. The SMILES string of the molecule is C=C(CC[C@@H](C)C1CC[C@H]2C3=C(C(=O)C[C@]12C)[C@@]1(C)CCC(=O)[C@@H](C)[C@@H]1CC3O)[C@H](C)C(=O)OC. The van der Waals surface area contributed by atoms with Crippen LogP contribution in [-0.4, -0.2) is 35.9 Å². The average Bonchev–Trinajstić information content (AvgIpc) is 3.16. The van der Waals surface area contributed by atoms with Crippen molar-refractivity contribution in [2.75, 3.05) is 7.11 Å². The molecule has 0 saturated heterocycles. The highest BCUT2D eigenvalue weighted by Crippen LogP contribution is 2.65. The molecule has 9 atom stereocenters. The molecule has 0 spiro atoms. The number of esters is 1.